The topological polar surface area (TPSA) is 26.9 Å². The van der Waals surface area contributed by atoms with Crippen LogP contribution in [-0.4, -0.2) is 9.36 Å². The van der Waals surface area contributed by atoms with E-state index in [1.165, 1.54) is 0 Å². The van der Waals surface area contributed by atoms with E-state index < -0.39 is 0 Å². The molecule has 18 heavy (non-hydrogen) atoms. The first-order chi connectivity index (χ1) is 8.75. The molecular formula is C15H18N2O. The average Bonchev–Trinajstić information content (AvgIpc) is 2.57. The van der Waals surface area contributed by atoms with E-state index in [1.807, 2.05) is 22.9 Å². The molecule has 0 radical (unpaired) electrons. The summed E-state index contributed by atoms with van der Waals surface area (Å²) in [7, 11) is 0. The molecule has 1 aliphatic heterocycles. The molecule has 1 aromatic heterocycles. The minimum absolute atomic E-state index is 0.128. The van der Waals surface area contributed by atoms with Gasteiger partial charge < -0.3 is 0 Å². The van der Waals surface area contributed by atoms with Crippen molar-refractivity contribution < 1.29 is 0 Å². The Morgan fingerprint density at radius 3 is 2.44 bits per heavy atom. The maximum atomic E-state index is 12.1. The largest absolute Gasteiger partial charge is 0.282 e. The van der Waals surface area contributed by atoms with Crippen LogP contribution < -0.4 is 5.56 Å². The number of fused-ring (bicyclic) bond motifs is 1. The van der Waals surface area contributed by atoms with Crippen LogP contribution in [0.1, 0.15) is 19.8 Å². The zero-order valence-electron chi connectivity index (χ0n) is 10.7. The molecule has 1 unspecified atom stereocenters. The molecule has 0 aliphatic carbocycles. The van der Waals surface area contributed by atoms with Gasteiger partial charge in [-0.3, -0.25) is 14.2 Å². The molecule has 2 heterocycles. The van der Waals surface area contributed by atoms with Gasteiger partial charge in [0.15, 0.2) is 0 Å². The van der Waals surface area contributed by atoms with Crippen LogP contribution in [-0.2, 0) is 13.1 Å². The summed E-state index contributed by atoms with van der Waals surface area (Å²) in [4.78, 5) is 12.1. The van der Waals surface area contributed by atoms with Crippen molar-refractivity contribution in [2.75, 3.05) is 0 Å². The van der Waals surface area contributed by atoms with Crippen molar-refractivity contribution in [1.29, 1.82) is 0 Å². The molecule has 0 N–H and O–H groups in total. The lowest BCUT2D eigenvalue weighted by atomic mass is 10.0. The Hall–Kier alpha value is -1.77. The van der Waals surface area contributed by atoms with Crippen LogP contribution in [0.25, 0.3) is 11.3 Å². The molecule has 0 saturated heterocycles. The molecule has 94 valence electrons. The van der Waals surface area contributed by atoms with Crippen LogP contribution in [0.2, 0.25) is 0 Å². The summed E-state index contributed by atoms with van der Waals surface area (Å²) in [6.45, 7) is 4.04. The Morgan fingerprint density at radius 2 is 1.72 bits per heavy atom. The monoisotopic (exact) mass is 242 g/mol. The summed E-state index contributed by atoms with van der Waals surface area (Å²) < 4.78 is 4.05. The third kappa shape index (κ3) is 1.90. The zero-order valence-corrected chi connectivity index (χ0v) is 10.7. The van der Waals surface area contributed by atoms with Crippen LogP contribution in [0.15, 0.2) is 41.2 Å². The van der Waals surface area contributed by atoms with Gasteiger partial charge in [-0.05, 0) is 24.3 Å². The van der Waals surface area contributed by atoms with Gasteiger partial charge in [-0.15, -0.1) is 0 Å². The van der Waals surface area contributed by atoms with Crippen molar-refractivity contribution in [2.45, 2.75) is 32.9 Å². The fraction of sp³-hybridized carbons (Fsp3) is 0.400. The predicted octanol–water partition coefficient (Wildman–Crippen LogP) is 2.75. The molecule has 0 fully saturated rings. The molecule has 2 aromatic rings. The Morgan fingerprint density at radius 1 is 1.06 bits per heavy atom. The SMILES string of the molecule is CC1CCn2c(-c3ccccc3)cc(=O)n2CC1. The molecule has 1 aliphatic rings. The van der Waals surface area contributed by atoms with E-state index in [1.54, 1.807) is 6.07 Å². The number of rotatable bonds is 1. The number of aromatic nitrogens is 2. The molecule has 0 saturated carbocycles. The maximum absolute atomic E-state index is 12.1. The van der Waals surface area contributed by atoms with E-state index in [0.717, 1.165) is 37.2 Å². The van der Waals surface area contributed by atoms with E-state index in [4.69, 9.17) is 0 Å². The number of nitrogens with zero attached hydrogens (tertiary/aromatic N) is 2. The Labute approximate surface area is 107 Å². The second-order valence-corrected chi connectivity index (χ2v) is 5.16. The van der Waals surface area contributed by atoms with Crippen LogP contribution in [0, 0.1) is 5.92 Å². The molecule has 0 amide bonds. The quantitative estimate of drug-likeness (QED) is 0.755. The summed E-state index contributed by atoms with van der Waals surface area (Å²) >= 11 is 0. The lowest BCUT2D eigenvalue weighted by Crippen LogP contribution is -2.21. The highest BCUT2D eigenvalue weighted by Crippen LogP contribution is 2.22. The highest BCUT2D eigenvalue weighted by Gasteiger charge is 2.17. The van der Waals surface area contributed by atoms with Crippen molar-refractivity contribution in [2.24, 2.45) is 5.92 Å². The Balaban J connectivity index is 2.11. The molecule has 0 bridgehead atoms. The maximum Gasteiger partial charge on any atom is 0.267 e. The summed E-state index contributed by atoms with van der Waals surface area (Å²) in [6, 6.07) is 11.9. The normalized spacial score (nSPS) is 19.3. The number of benzene rings is 1. The summed E-state index contributed by atoms with van der Waals surface area (Å²) in [5.74, 6) is 0.695. The van der Waals surface area contributed by atoms with Gasteiger partial charge in [0.25, 0.3) is 5.56 Å². The fourth-order valence-corrected chi connectivity index (χ4v) is 2.66. The highest BCUT2D eigenvalue weighted by atomic mass is 16.1. The van der Waals surface area contributed by atoms with Crippen LogP contribution in [0.4, 0.5) is 0 Å². The Bertz CT molecular complexity index is 595. The van der Waals surface area contributed by atoms with Gasteiger partial charge in [0, 0.05) is 19.2 Å². The second-order valence-electron chi connectivity index (χ2n) is 5.16. The first-order valence-electron chi connectivity index (χ1n) is 6.62. The third-order valence-corrected chi connectivity index (χ3v) is 3.82. The van der Waals surface area contributed by atoms with Crippen LogP contribution in [0.5, 0.6) is 0 Å². The highest BCUT2D eigenvalue weighted by molar-refractivity contribution is 5.59. The van der Waals surface area contributed by atoms with E-state index in [2.05, 4.69) is 23.7 Å². The summed E-state index contributed by atoms with van der Waals surface area (Å²) in [5.41, 5.74) is 2.31. The molecule has 1 aromatic carbocycles. The van der Waals surface area contributed by atoms with Crippen molar-refractivity contribution >= 4 is 0 Å². The van der Waals surface area contributed by atoms with Crippen LogP contribution >= 0.6 is 0 Å². The molecule has 3 nitrogen and oxygen atoms in total. The van der Waals surface area contributed by atoms with Crippen molar-refractivity contribution in [3.63, 3.8) is 0 Å². The molecule has 1 atom stereocenters. The van der Waals surface area contributed by atoms with Gasteiger partial charge in [0.1, 0.15) is 0 Å². The lowest BCUT2D eigenvalue weighted by molar-refractivity contribution is 0.479. The van der Waals surface area contributed by atoms with Crippen molar-refractivity contribution in [3.05, 3.63) is 46.8 Å². The molecular weight excluding hydrogens is 224 g/mol. The third-order valence-electron chi connectivity index (χ3n) is 3.82. The van der Waals surface area contributed by atoms with Crippen molar-refractivity contribution in [1.82, 2.24) is 9.36 Å². The van der Waals surface area contributed by atoms with E-state index in [9.17, 15) is 4.79 Å². The average molecular weight is 242 g/mol. The van der Waals surface area contributed by atoms with E-state index in [0.29, 0.717) is 5.92 Å². The van der Waals surface area contributed by atoms with Gasteiger partial charge in [-0.1, -0.05) is 37.3 Å². The van der Waals surface area contributed by atoms with Crippen LogP contribution in [0.3, 0.4) is 0 Å². The second kappa shape index (κ2) is 4.48. The predicted molar refractivity (Wildman–Crippen MR) is 72.5 cm³/mol. The minimum Gasteiger partial charge on any atom is -0.282 e. The van der Waals surface area contributed by atoms with Gasteiger partial charge in [-0.25, -0.2) is 0 Å². The van der Waals surface area contributed by atoms with Gasteiger partial charge in [0.05, 0.1) is 5.69 Å². The molecule has 3 rings (SSSR count). The van der Waals surface area contributed by atoms with E-state index >= 15 is 0 Å². The fourth-order valence-electron chi connectivity index (χ4n) is 2.66. The smallest absolute Gasteiger partial charge is 0.267 e. The van der Waals surface area contributed by atoms with Gasteiger partial charge >= 0.3 is 0 Å². The first kappa shape index (κ1) is 11.3. The standard InChI is InChI=1S/C15H18N2O/c1-12-7-9-16-14(13-5-3-2-4-6-13)11-15(18)17(16)10-8-12/h2-6,11-12H,7-10H2,1H3. The number of hydrogen-bond donors (Lipinski definition) is 0. The van der Waals surface area contributed by atoms with Gasteiger partial charge in [0.2, 0.25) is 0 Å². The first-order valence-corrected chi connectivity index (χ1v) is 6.62. The van der Waals surface area contributed by atoms with Gasteiger partial charge in [-0.2, -0.15) is 0 Å². The zero-order chi connectivity index (χ0) is 12.5. The summed E-state index contributed by atoms with van der Waals surface area (Å²) in [5, 5.41) is 0. The Kier molecular flexibility index (Phi) is 2.82. The molecule has 0 spiro atoms. The number of hydrogen-bond acceptors (Lipinski definition) is 1. The lowest BCUT2D eigenvalue weighted by Gasteiger charge is -2.11. The molecule has 3 heteroatoms. The minimum atomic E-state index is 0.128. The summed E-state index contributed by atoms with van der Waals surface area (Å²) in [6.07, 6.45) is 2.24. The van der Waals surface area contributed by atoms with Crippen molar-refractivity contribution in [3.8, 4) is 11.3 Å². The van der Waals surface area contributed by atoms with E-state index in [-0.39, 0.29) is 5.56 Å².